The number of aromatic nitrogens is 1. The number of methoxy groups -OCH3 is 1. The zero-order valence-electron chi connectivity index (χ0n) is 17.8. The van der Waals surface area contributed by atoms with Gasteiger partial charge in [-0.3, -0.25) is 0 Å². The van der Waals surface area contributed by atoms with Crippen molar-refractivity contribution in [1.82, 2.24) is 9.88 Å². The van der Waals surface area contributed by atoms with E-state index in [1.165, 1.54) is 5.56 Å². The maximum absolute atomic E-state index is 12.3. The highest BCUT2D eigenvalue weighted by molar-refractivity contribution is 5.98. The standard InChI is InChI=1S/C26H26N2O3/c1-18-8-10-19(11-9-18)15-27-16-23-22-13-12-21(31-2)14-24(22)28(25(23)26(29)30)17-20-6-4-3-5-7-20/h3-14,27H,15-17H2,1-2H3,(H,29,30). The van der Waals surface area contributed by atoms with Crippen LogP contribution in [0.15, 0.2) is 72.8 Å². The van der Waals surface area contributed by atoms with Gasteiger partial charge in [-0.2, -0.15) is 0 Å². The van der Waals surface area contributed by atoms with Gasteiger partial charge in [0.25, 0.3) is 0 Å². The predicted octanol–water partition coefficient (Wildman–Crippen LogP) is 4.99. The minimum Gasteiger partial charge on any atom is -0.497 e. The van der Waals surface area contributed by atoms with E-state index in [9.17, 15) is 9.90 Å². The molecule has 0 aliphatic carbocycles. The molecule has 0 amide bonds. The first kappa shape index (κ1) is 20.7. The van der Waals surface area contributed by atoms with Gasteiger partial charge in [-0.05, 0) is 30.2 Å². The number of rotatable bonds is 8. The topological polar surface area (TPSA) is 63.5 Å². The van der Waals surface area contributed by atoms with E-state index in [4.69, 9.17) is 4.74 Å². The first-order valence-electron chi connectivity index (χ1n) is 10.3. The third-order valence-corrected chi connectivity index (χ3v) is 5.51. The van der Waals surface area contributed by atoms with Crippen molar-refractivity contribution < 1.29 is 14.6 Å². The van der Waals surface area contributed by atoms with Crippen LogP contribution in [-0.2, 0) is 19.6 Å². The summed E-state index contributed by atoms with van der Waals surface area (Å²) in [5, 5.41) is 14.5. The molecule has 1 aromatic heterocycles. The molecule has 4 aromatic rings. The van der Waals surface area contributed by atoms with E-state index in [2.05, 4.69) is 36.5 Å². The van der Waals surface area contributed by atoms with Gasteiger partial charge in [-0.15, -0.1) is 0 Å². The molecule has 0 radical (unpaired) electrons. The number of carboxylic acids is 1. The lowest BCUT2D eigenvalue weighted by Crippen LogP contribution is -2.17. The summed E-state index contributed by atoms with van der Waals surface area (Å²) in [6, 6.07) is 24.0. The zero-order chi connectivity index (χ0) is 21.8. The van der Waals surface area contributed by atoms with Gasteiger partial charge in [0.05, 0.1) is 12.6 Å². The summed E-state index contributed by atoms with van der Waals surface area (Å²) in [6.45, 7) is 3.66. The van der Waals surface area contributed by atoms with E-state index < -0.39 is 5.97 Å². The summed E-state index contributed by atoms with van der Waals surface area (Å²) in [7, 11) is 1.62. The highest BCUT2D eigenvalue weighted by Crippen LogP contribution is 2.30. The van der Waals surface area contributed by atoms with Crippen LogP contribution in [0.25, 0.3) is 10.9 Å². The van der Waals surface area contributed by atoms with Gasteiger partial charge in [0.2, 0.25) is 0 Å². The fourth-order valence-electron chi connectivity index (χ4n) is 3.92. The first-order chi connectivity index (χ1) is 15.1. The molecule has 0 aliphatic rings. The molecule has 0 saturated carbocycles. The number of carboxylic acid groups (broad SMARTS) is 1. The first-order valence-corrected chi connectivity index (χ1v) is 10.3. The number of nitrogens with zero attached hydrogens (tertiary/aromatic N) is 1. The molecule has 0 saturated heterocycles. The van der Waals surface area contributed by atoms with Gasteiger partial charge in [-0.25, -0.2) is 4.79 Å². The molecular formula is C26H26N2O3. The molecule has 0 aliphatic heterocycles. The minimum absolute atomic E-state index is 0.309. The van der Waals surface area contributed by atoms with Crippen molar-refractivity contribution in [1.29, 1.82) is 0 Å². The van der Waals surface area contributed by atoms with Crippen LogP contribution in [0.4, 0.5) is 0 Å². The largest absolute Gasteiger partial charge is 0.497 e. The van der Waals surface area contributed by atoms with Crippen molar-refractivity contribution in [2.24, 2.45) is 0 Å². The summed E-state index contributed by atoms with van der Waals surface area (Å²) in [4.78, 5) is 12.3. The molecule has 31 heavy (non-hydrogen) atoms. The van der Waals surface area contributed by atoms with Crippen LogP contribution in [0.2, 0.25) is 0 Å². The van der Waals surface area contributed by atoms with Crippen molar-refractivity contribution in [3.8, 4) is 5.75 Å². The number of aromatic carboxylic acids is 1. The van der Waals surface area contributed by atoms with Crippen LogP contribution in [-0.4, -0.2) is 22.8 Å². The van der Waals surface area contributed by atoms with Crippen molar-refractivity contribution in [3.63, 3.8) is 0 Å². The molecule has 3 aromatic carbocycles. The number of hydrogen-bond donors (Lipinski definition) is 2. The molecule has 0 bridgehead atoms. The fraction of sp³-hybridized carbons (Fsp3) is 0.192. The Hall–Kier alpha value is -3.57. The molecule has 158 valence electrons. The minimum atomic E-state index is -0.932. The number of hydrogen-bond acceptors (Lipinski definition) is 3. The van der Waals surface area contributed by atoms with Crippen molar-refractivity contribution in [2.75, 3.05) is 7.11 Å². The lowest BCUT2D eigenvalue weighted by atomic mass is 10.1. The average Bonchev–Trinajstić information content (AvgIpc) is 3.08. The Morgan fingerprint density at radius 3 is 2.39 bits per heavy atom. The van der Waals surface area contributed by atoms with E-state index in [0.29, 0.717) is 31.1 Å². The van der Waals surface area contributed by atoms with Crippen LogP contribution in [0.3, 0.4) is 0 Å². The Labute approximate surface area is 181 Å². The second-order valence-corrected chi connectivity index (χ2v) is 7.68. The van der Waals surface area contributed by atoms with Crippen molar-refractivity contribution in [2.45, 2.75) is 26.6 Å². The number of fused-ring (bicyclic) bond motifs is 1. The molecule has 4 rings (SSSR count). The Kier molecular flexibility index (Phi) is 6.05. The molecule has 0 fully saturated rings. The fourth-order valence-corrected chi connectivity index (χ4v) is 3.92. The lowest BCUT2D eigenvalue weighted by Gasteiger charge is -2.10. The quantitative estimate of drug-likeness (QED) is 0.426. The molecule has 1 heterocycles. The highest BCUT2D eigenvalue weighted by Gasteiger charge is 2.22. The zero-order valence-corrected chi connectivity index (χ0v) is 17.8. The third-order valence-electron chi connectivity index (χ3n) is 5.51. The van der Waals surface area contributed by atoms with Gasteiger partial charge in [0.15, 0.2) is 0 Å². The lowest BCUT2D eigenvalue weighted by molar-refractivity contribution is 0.0684. The van der Waals surface area contributed by atoms with Gasteiger partial charge >= 0.3 is 5.97 Å². The number of benzene rings is 3. The molecule has 0 atom stereocenters. The summed E-state index contributed by atoms with van der Waals surface area (Å²) in [5.74, 6) is -0.228. The molecular weight excluding hydrogens is 388 g/mol. The molecule has 0 spiro atoms. The Morgan fingerprint density at radius 2 is 1.71 bits per heavy atom. The smallest absolute Gasteiger partial charge is 0.352 e. The number of nitrogens with one attached hydrogen (secondary N) is 1. The average molecular weight is 415 g/mol. The maximum Gasteiger partial charge on any atom is 0.352 e. The van der Waals surface area contributed by atoms with E-state index in [1.54, 1.807) is 7.11 Å². The monoisotopic (exact) mass is 414 g/mol. The third kappa shape index (κ3) is 4.47. The normalized spacial score (nSPS) is 11.0. The number of aryl methyl sites for hydroxylation is 1. The van der Waals surface area contributed by atoms with E-state index in [-0.39, 0.29) is 0 Å². The van der Waals surface area contributed by atoms with Crippen LogP contribution in [0.1, 0.15) is 32.7 Å². The van der Waals surface area contributed by atoms with Crippen LogP contribution in [0.5, 0.6) is 5.75 Å². The second-order valence-electron chi connectivity index (χ2n) is 7.68. The molecule has 5 nitrogen and oxygen atoms in total. The second kappa shape index (κ2) is 9.06. The highest BCUT2D eigenvalue weighted by atomic mass is 16.5. The Bertz CT molecular complexity index is 1200. The number of ether oxygens (including phenoxy) is 1. The summed E-state index contributed by atoms with van der Waals surface area (Å²) >= 11 is 0. The summed E-state index contributed by atoms with van der Waals surface area (Å²) in [6.07, 6.45) is 0. The Balaban J connectivity index is 1.73. The van der Waals surface area contributed by atoms with Crippen LogP contribution in [0, 0.1) is 6.92 Å². The molecule has 5 heteroatoms. The van der Waals surface area contributed by atoms with E-state index >= 15 is 0 Å². The molecule has 2 N–H and O–H groups in total. The number of carbonyl (C=O) groups is 1. The van der Waals surface area contributed by atoms with Crippen molar-refractivity contribution in [3.05, 3.63) is 101 Å². The van der Waals surface area contributed by atoms with E-state index in [1.807, 2.05) is 53.1 Å². The van der Waals surface area contributed by atoms with Gasteiger partial charge < -0.3 is 19.7 Å². The SMILES string of the molecule is COc1ccc2c(CNCc3ccc(C)cc3)c(C(=O)O)n(Cc3ccccc3)c2c1. The Morgan fingerprint density at radius 1 is 0.968 bits per heavy atom. The van der Waals surface area contributed by atoms with E-state index in [0.717, 1.165) is 27.6 Å². The van der Waals surface area contributed by atoms with Gasteiger partial charge in [0, 0.05) is 36.7 Å². The van der Waals surface area contributed by atoms with Crippen molar-refractivity contribution >= 4 is 16.9 Å². The van der Waals surface area contributed by atoms with Gasteiger partial charge in [-0.1, -0.05) is 60.2 Å². The molecule has 0 unspecified atom stereocenters. The summed E-state index contributed by atoms with van der Waals surface area (Å²) in [5.41, 5.74) is 5.38. The summed E-state index contributed by atoms with van der Waals surface area (Å²) < 4.78 is 7.28. The van der Waals surface area contributed by atoms with Crippen LogP contribution >= 0.6 is 0 Å². The van der Waals surface area contributed by atoms with Crippen LogP contribution < -0.4 is 10.1 Å². The van der Waals surface area contributed by atoms with Gasteiger partial charge in [0.1, 0.15) is 11.4 Å². The predicted molar refractivity (Wildman–Crippen MR) is 123 cm³/mol. The maximum atomic E-state index is 12.3.